The summed E-state index contributed by atoms with van der Waals surface area (Å²) < 4.78 is 5.74. The van der Waals surface area contributed by atoms with E-state index in [1.54, 1.807) is 24.3 Å². The predicted molar refractivity (Wildman–Crippen MR) is 122 cm³/mol. The molecule has 0 bridgehead atoms. The molecule has 30 heavy (non-hydrogen) atoms. The molecule has 0 aliphatic rings. The van der Waals surface area contributed by atoms with E-state index in [2.05, 4.69) is 65.5 Å². The zero-order valence-corrected chi connectivity index (χ0v) is 18.9. The molecule has 0 aliphatic carbocycles. The number of carbonyl (C=O) groups is 2. The van der Waals surface area contributed by atoms with Crippen LogP contribution in [0.15, 0.2) is 69.8 Å². The third-order valence-corrected chi connectivity index (χ3v) is 5.33. The van der Waals surface area contributed by atoms with Gasteiger partial charge in [-0.3, -0.25) is 9.59 Å². The molecule has 6 heteroatoms. The van der Waals surface area contributed by atoms with Crippen LogP contribution < -0.4 is 10.6 Å². The maximum absolute atomic E-state index is 12.4. The summed E-state index contributed by atoms with van der Waals surface area (Å²) in [6.07, 6.45) is 0.281. The zero-order chi connectivity index (χ0) is 21.7. The molecule has 0 aliphatic heterocycles. The number of nitrogens with one attached hydrogen (secondary N) is 2. The molecule has 1 aromatic heterocycles. The molecule has 5 nitrogen and oxygen atoms in total. The highest BCUT2D eigenvalue weighted by Gasteiger charge is 2.21. The summed E-state index contributed by atoms with van der Waals surface area (Å²) in [5, 5.41) is 5.80. The molecule has 2 amide bonds. The van der Waals surface area contributed by atoms with Crippen molar-refractivity contribution in [3.8, 4) is 0 Å². The second-order valence-corrected chi connectivity index (χ2v) is 8.74. The average Bonchev–Trinajstić information content (AvgIpc) is 3.15. The lowest BCUT2D eigenvalue weighted by Crippen LogP contribution is -2.37. The molecule has 0 unspecified atom stereocenters. The monoisotopic (exact) mass is 468 g/mol. The third-order valence-electron chi connectivity index (χ3n) is 4.90. The van der Waals surface area contributed by atoms with Gasteiger partial charge < -0.3 is 15.1 Å². The summed E-state index contributed by atoms with van der Waals surface area (Å²) in [4.78, 5) is 24.5. The van der Waals surface area contributed by atoms with Gasteiger partial charge in [0.15, 0.2) is 10.4 Å². The van der Waals surface area contributed by atoms with Crippen LogP contribution in [0.3, 0.4) is 0 Å². The zero-order valence-electron chi connectivity index (χ0n) is 17.3. The van der Waals surface area contributed by atoms with Gasteiger partial charge in [-0.1, -0.05) is 55.8 Å². The summed E-state index contributed by atoms with van der Waals surface area (Å²) in [5.41, 5.74) is 3.76. The highest BCUT2D eigenvalue weighted by molar-refractivity contribution is 9.10. The van der Waals surface area contributed by atoms with Crippen molar-refractivity contribution >= 4 is 33.4 Å². The van der Waals surface area contributed by atoms with Gasteiger partial charge >= 0.3 is 0 Å². The Morgan fingerprint density at radius 2 is 1.77 bits per heavy atom. The van der Waals surface area contributed by atoms with E-state index < -0.39 is 0 Å². The van der Waals surface area contributed by atoms with Crippen LogP contribution in [-0.4, -0.2) is 18.4 Å². The number of aryl methyl sites for hydroxylation is 1. The summed E-state index contributed by atoms with van der Waals surface area (Å²) in [5.74, 6) is -0.140. The van der Waals surface area contributed by atoms with Crippen LogP contribution in [0.4, 0.5) is 5.69 Å². The Bertz CT molecular complexity index is 1040. The van der Waals surface area contributed by atoms with Gasteiger partial charge in [0.1, 0.15) is 0 Å². The van der Waals surface area contributed by atoms with E-state index >= 15 is 0 Å². The van der Waals surface area contributed by atoms with E-state index in [9.17, 15) is 9.59 Å². The first kappa shape index (κ1) is 21.8. The standard InChI is InChI=1S/C24H25BrN2O3/c1-16-5-4-6-18(13-16)24(2,3)15-26-22(28)14-17-7-9-19(10-8-17)27-23(29)20-11-12-21(25)30-20/h4-13H,14-15H2,1-3H3,(H,26,28)(H,27,29). The van der Waals surface area contributed by atoms with Crippen LogP contribution >= 0.6 is 15.9 Å². The number of anilines is 1. The number of carbonyl (C=O) groups excluding carboxylic acids is 2. The topological polar surface area (TPSA) is 71.3 Å². The molecule has 2 aromatic carbocycles. The van der Waals surface area contributed by atoms with Crippen molar-refractivity contribution in [1.29, 1.82) is 0 Å². The first-order chi connectivity index (χ1) is 14.2. The second kappa shape index (κ2) is 9.30. The van der Waals surface area contributed by atoms with E-state index in [1.165, 1.54) is 11.1 Å². The average molecular weight is 469 g/mol. The van der Waals surface area contributed by atoms with Gasteiger partial charge in [-0.05, 0) is 58.2 Å². The molecule has 3 rings (SSSR count). The fourth-order valence-electron chi connectivity index (χ4n) is 3.07. The fraction of sp³-hybridized carbons (Fsp3) is 0.250. The van der Waals surface area contributed by atoms with Gasteiger partial charge in [0.2, 0.25) is 5.91 Å². The largest absolute Gasteiger partial charge is 0.444 e. The Balaban J connectivity index is 1.52. The van der Waals surface area contributed by atoms with Crippen molar-refractivity contribution < 1.29 is 14.0 Å². The van der Waals surface area contributed by atoms with Crippen LogP contribution in [0, 0.1) is 6.92 Å². The molecule has 3 aromatic rings. The van der Waals surface area contributed by atoms with Crippen molar-refractivity contribution in [1.82, 2.24) is 5.32 Å². The molecule has 1 heterocycles. The molecule has 0 radical (unpaired) electrons. The molecule has 0 saturated carbocycles. The minimum atomic E-state index is -0.329. The normalized spacial score (nSPS) is 11.2. The Kier molecular flexibility index (Phi) is 6.77. The first-order valence-electron chi connectivity index (χ1n) is 9.72. The first-order valence-corrected chi connectivity index (χ1v) is 10.5. The predicted octanol–water partition coefficient (Wildman–Crippen LogP) is 5.24. The van der Waals surface area contributed by atoms with Gasteiger partial charge in [-0.15, -0.1) is 0 Å². The minimum absolute atomic E-state index is 0.0343. The lowest BCUT2D eigenvalue weighted by Gasteiger charge is -2.26. The van der Waals surface area contributed by atoms with Crippen LogP contribution in [0.25, 0.3) is 0 Å². The van der Waals surface area contributed by atoms with Crippen molar-refractivity contribution in [2.45, 2.75) is 32.6 Å². The molecule has 0 fully saturated rings. The highest BCUT2D eigenvalue weighted by atomic mass is 79.9. The smallest absolute Gasteiger partial charge is 0.291 e. The lowest BCUT2D eigenvalue weighted by molar-refractivity contribution is -0.120. The molecule has 0 atom stereocenters. The number of halogens is 1. The Morgan fingerprint density at radius 3 is 2.40 bits per heavy atom. The maximum atomic E-state index is 12.4. The molecule has 0 spiro atoms. The number of rotatable bonds is 7. The number of furan rings is 1. The van der Waals surface area contributed by atoms with Crippen LogP contribution in [-0.2, 0) is 16.6 Å². The minimum Gasteiger partial charge on any atom is -0.444 e. The number of hydrogen-bond acceptors (Lipinski definition) is 3. The molecule has 0 saturated heterocycles. The van der Waals surface area contributed by atoms with Crippen molar-refractivity contribution in [3.63, 3.8) is 0 Å². The summed E-state index contributed by atoms with van der Waals surface area (Å²) >= 11 is 3.17. The quantitative estimate of drug-likeness (QED) is 0.497. The van der Waals surface area contributed by atoms with E-state index in [4.69, 9.17) is 4.42 Å². The van der Waals surface area contributed by atoms with Crippen molar-refractivity contribution in [2.75, 3.05) is 11.9 Å². The van der Waals surface area contributed by atoms with Gasteiger partial charge in [-0.2, -0.15) is 0 Å². The number of benzene rings is 2. The Hall–Kier alpha value is -2.86. The Labute approximate surface area is 185 Å². The van der Waals surface area contributed by atoms with Gasteiger partial charge in [0.05, 0.1) is 6.42 Å². The summed E-state index contributed by atoms with van der Waals surface area (Å²) in [6, 6.07) is 18.8. The van der Waals surface area contributed by atoms with E-state index in [0.717, 1.165) is 5.56 Å². The Morgan fingerprint density at radius 1 is 1.03 bits per heavy atom. The molecule has 156 valence electrons. The number of amides is 2. The van der Waals surface area contributed by atoms with Gasteiger partial charge in [0.25, 0.3) is 5.91 Å². The molecular weight excluding hydrogens is 444 g/mol. The van der Waals surface area contributed by atoms with Crippen LogP contribution in [0.2, 0.25) is 0 Å². The van der Waals surface area contributed by atoms with Gasteiger partial charge in [0, 0.05) is 17.6 Å². The SMILES string of the molecule is Cc1cccc(C(C)(C)CNC(=O)Cc2ccc(NC(=O)c3ccc(Br)o3)cc2)c1. The molecule has 2 N–H and O–H groups in total. The highest BCUT2D eigenvalue weighted by Crippen LogP contribution is 2.23. The van der Waals surface area contributed by atoms with E-state index in [-0.39, 0.29) is 29.4 Å². The van der Waals surface area contributed by atoms with Gasteiger partial charge in [-0.25, -0.2) is 0 Å². The maximum Gasteiger partial charge on any atom is 0.291 e. The second-order valence-electron chi connectivity index (χ2n) is 7.96. The van der Waals surface area contributed by atoms with Crippen LogP contribution in [0.5, 0.6) is 0 Å². The van der Waals surface area contributed by atoms with Crippen molar-refractivity contribution in [3.05, 3.63) is 87.8 Å². The van der Waals surface area contributed by atoms with E-state index in [0.29, 0.717) is 16.9 Å². The summed E-state index contributed by atoms with van der Waals surface area (Å²) in [6.45, 7) is 6.87. The number of hydrogen-bond donors (Lipinski definition) is 2. The van der Waals surface area contributed by atoms with Crippen molar-refractivity contribution in [2.24, 2.45) is 0 Å². The van der Waals surface area contributed by atoms with Crippen LogP contribution in [0.1, 0.15) is 41.1 Å². The fourth-order valence-corrected chi connectivity index (χ4v) is 3.38. The van der Waals surface area contributed by atoms with E-state index in [1.807, 2.05) is 18.2 Å². The lowest BCUT2D eigenvalue weighted by atomic mass is 9.84. The molecular formula is C24H25BrN2O3. The third kappa shape index (κ3) is 5.83. The summed E-state index contributed by atoms with van der Waals surface area (Å²) in [7, 11) is 0.